The first-order chi connectivity index (χ1) is 8.30. The number of hydrogen-bond acceptors (Lipinski definition) is 2. The molecule has 0 amide bonds. The van der Waals surface area contributed by atoms with Gasteiger partial charge in [0, 0.05) is 14.7 Å². The van der Waals surface area contributed by atoms with Crippen molar-refractivity contribution in [1.29, 1.82) is 0 Å². The molecule has 2 rings (SSSR count). The van der Waals surface area contributed by atoms with Crippen LogP contribution in [0.25, 0.3) is 11.3 Å². The molecule has 1 aromatic carbocycles. The molecule has 1 aromatic heterocycles. The third kappa shape index (κ3) is 2.39. The highest BCUT2D eigenvalue weighted by Crippen LogP contribution is 2.31. The molecule has 0 radical (unpaired) electrons. The number of nitrogen functional groups attached to an aromatic ring is 1. The molecule has 0 fully saturated rings. The Kier molecular flexibility index (Phi) is 3.40. The first kappa shape index (κ1) is 13.4. The van der Waals surface area contributed by atoms with Crippen LogP contribution in [-0.2, 0) is 5.54 Å². The van der Waals surface area contributed by atoms with Gasteiger partial charge in [-0.15, -0.1) is 0 Å². The van der Waals surface area contributed by atoms with Gasteiger partial charge in [0.05, 0.1) is 0 Å². The number of halogens is 1. The van der Waals surface area contributed by atoms with Gasteiger partial charge in [0.2, 0.25) is 0 Å². The van der Waals surface area contributed by atoms with Crippen LogP contribution < -0.4 is 5.73 Å². The highest BCUT2D eigenvalue weighted by molar-refractivity contribution is 14.1. The summed E-state index contributed by atoms with van der Waals surface area (Å²) in [6, 6.07) is 8.27. The summed E-state index contributed by atoms with van der Waals surface area (Å²) in [6.45, 7) is 8.40. The number of aromatic nitrogens is 2. The Balaban J connectivity index is 2.57. The number of hydrogen-bond donors (Lipinski definition) is 1. The van der Waals surface area contributed by atoms with E-state index in [1.54, 1.807) is 0 Å². The molecular weight excluding hydrogens is 337 g/mol. The lowest BCUT2D eigenvalue weighted by atomic mass is 10.1. The molecule has 0 aliphatic rings. The maximum atomic E-state index is 6.26. The number of benzene rings is 1. The fraction of sp³-hybridized carbons (Fsp3) is 0.357. The van der Waals surface area contributed by atoms with E-state index in [0.717, 1.165) is 22.9 Å². The first-order valence-electron chi connectivity index (χ1n) is 5.92. The van der Waals surface area contributed by atoms with E-state index in [0.29, 0.717) is 0 Å². The van der Waals surface area contributed by atoms with Crippen molar-refractivity contribution in [3.8, 4) is 11.3 Å². The number of aryl methyl sites for hydroxylation is 1. The van der Waals surface area contributed by atoms with Gasteiger partial charge >= 0.3 is 0 Å². The number of nitrogens with two attached hydrogens (primary N) is 1. The number of nitrogens with zero attached hydrogens (tertiary/aromatic N) is 2. The van der Waals surface area contributed by atoms with Gasteiger partial charge < -0.3 is 10.3 Å². The minimum absolute atomic E-state index is 0.0530. The molecule has 2 N–H and O–H groups in total. The van der Waals surface area contributed by atoms with Gasteiger partial charge in [0.1, 0.15) is 17.3 Å². The zero-order chi connectivity index (χ0) is 13.5. The summed E-state index contributed by atoms with van der Waals surface area (Å²) in [5, 5.41) is 0. The van der Waals surface area contributed by atoms with Crippen molar-refractivity contribution in [2.24, 2.45) is 0 Å². The average molecular weight is 355 g/mol. The van der Waals surface area contributed by atoms with E-state index < -0.39 is 0 Å². The summed E-state index contributed by atoms with van der Waals surface area (Å²) in [4.78, 5) is 4.61. The predicted molar refractivity (Wildman–Crippen MR) is 84.5 cm³/mol. The Hall–Kier alpha value is -1.04. The second-order valence-corrected chi connectivity index (χ2v) is 6.65. The van der Waals surface area contributed by atoms with Crippen molar-refractivity contribution in [3.05, 3.63) is 33.7 Å². The van der Waals surface area contributed by atoms with Gasteiger partial charge in [-0.3, -0.25) is 0 Å². The lowest BCUT2D eigenvalue weighted by molar-refractivity contribution is 0.393. The quantitative estimate of drug-likeness (QED) is 0.791. The lowest BCUT2D eigenvalue weighted by Crippen LogP contribution is -2.24. The summed E-state index contributed by atoms with van der Waals surface area (Å²) in [5.41, 5.74) is 8.15. The minimum atomic E-state index is -0.0530. The van der Waals surface area contributed by atoms with Crippen LogP contribution in [0.5, 0.6) is 0 Å². The Bertz CT molecular complexity index is 562. The van der Waals surface area contributed by atoms with Crippen molar-refractivity contribution >= 4 is 28.4 Å². The second-order valence-electron chi connectivity index (χ2n) is 5.41. The molecule has 0 unspecified atom stereocenters. The van der Waals surface area contributed by atoms with Crippen molar-refractivity contribution in [1.82, 2.24) is 9.55 Å². The van der Waals surface area contributed by atoms with Gasteiger partial charge in [-0.1, -0.05) is 12.1 Å². The molecular formula is C14H18IN3. The van der Waals surface area contributed by atoms with Crippen LogP contribution in [0.2, 0.25) is 0 Å². The third-order valence-electron chi connectivity index (χ3n) is 2.87. The van der Waals surface area contributed by atoms with Crippen LogP contribution in [0.1, 0.15) is 26.6 Å². The van der Waals surface area contributed by atoms with E-state index in [1.165, 1.54) is 3.57 Å². The van der Waals surface area contributed by atoms with E-state index in [4.69, 9.17) is 5.73 Å². The molecule has 0 saturated heterocycles. The summed E-state index contributed by atoms with van der Waals surface area (Å²) >= 11 is 2.29. The van der Waals surface area contributed by atoms with E-state index in [-0.39, 0.29) is 5.54 Å². The van der Waals surface area contributed by atoms with Gasteiger partial charge in [-0.05, 0) is 62.4 Å². The maximum Gasteiger partial charge on any atom is 0.132 e. The highest BCUT2D eigenvalue weighted by Gasteiger charge is 2.22. The zero-order valence-corrected chi connectivity index (χ0v) is 13.3. The Morgan fingerprint density at radius 2 is 1.72 bits per heavy atom. The predicted octanol–water partition coefficient (Wildman–Crippen LogP) is 3.80. The molecule has 0 saturated carbocycles. The van der Waals surface area contributed by atoms with Crippen LogP contribution >= 0.6 is 22.6 Å². The van der Waals surface area contributed by atoms with Crippen molar-refractivity contribution in [2.75, 3.05) is 5.73 Å². The normalized spacial score (nSPS) is 11.8. The van der Waals surface area contributed by atoms with Crippen LogP contribution in [0.4, 0.5) is 5.82 Å². The zero-order valence-electron chi connectivity index (χ0n) is 11.2. The largest absolute Gasteiger partial charge is 0.383 e. The minimum Gasteiger partial charge on any atom is -0.383 e. The molecule has 0 spiro atoms. The molecule has 3 nitrogen and oxygen atoms in total. The summed E-state index contributed by atoms with van der Waals surface area (Å²) in [7, 11) is 0. The van der Waals surface area contributed by atoms with E-state index >= 15 is 0 Å². The molecule has 1 heterocycles. The van der Waals surface area contributed by atoms with Crippen LogP contribution in [0, 0.1) is 10.5 Å². The van der Waals surface area contributed by atoms with Crippen LogP contribution in [0.3, 0.4) is 0 Å². The summed E-state index contributed by atoms with van der Waals surface area (Å²) in [5.74, 6) is 1.69. The molecule has 18 heavy (non-hydrogen) atoms. The van der Waals surface area contributed by atoms with Crippen LogP contribution in [-0.4, -0.2) is 9.55 Å². The summed E-state index contributed by atoms with van der Waals surface area (Å²) < 4.78 is 3.29. The van der Waals surface area contributed by atoms with Gasteiger partial charge in [-0.2, -0.15) is 0 Å². The van der Waals surface area contributed by atoms with Crippen molar-refractivity contribution < 1.29 is 0 Å². The fourth-order valence-electron chi connectivity index (χ4n) is 2.22. The maximum absolute atomic E-state index is 6.26. The first-order valence-corrected chi connectivity index (χ1v) is 7.00. The lowest BCUT2D eigenvalue weighted by Gasteiger charge is -2.24. The number of imidazole rings is 1. The highest BCUT2D eigenvalue weighted by atomic mass is 127. The van der Waals surface area contributed by atoms with Gasteiger partial charge in [0.25, 0.3) is 0 Å². The van der Waals surface area contributed by atoms with Gasteiger partial charge in [-0.25, -0.2) is 4.98 Å². The van der Waals surface area contributed by atoms with E-state index in [1.807, 2.05) is 6.92 Å². The SMILES string of the molecule is Cc1nc(-c2ccc(I)cc2)c(N)n1C(C)(C)C. The van der Waals surface area contributed by atoms with E-state index in [9.17, 15) is 0 Å². The molecule has 0 bridgehead atoms. The summed E-state index contributed by atoms with van der Waals surface area (Å²) in [6.07, 6.45) is 0. The smallest absolute Gasteiger partial charge is 0.132 e. The Labute approximate surface area is 122 Å². The third-order valence-corrected chi connectivity index (χ3v) is 3.59. The molecule has 0 aliphatic carbocycles. The topological polar surface area (TPSA) is 43.8 Å². The van der Waals surface area contributed by atoms with Gasteiger partial charge in [0.15, 0.2) is 0 Å². The van der Waals surface area contributed by atoms with E-state index in [2.05, 4.69) is 77.2 Å². The standard InChI is InChI=1S/C14H18IN3/c1-9-17-12(10-5-7-11(15)8-6-10)13(16)18(9)14(2,3)4/h5-8H,16H2,1-4H3. The van der Waals surface area contributed by atoms with Crippen LogP contribution in [0.15, 0.2) is 24.3 Å². The fourth-order valence-corrected chi connectivity index (χ4v) is 2.58. The molecule has 2 aromatic rings. The number of rotatable bonds is 1. The van der Waals surface area contributed by atoms with Crippen molar-refractivity contribution in [3.63, 3.8) is 0 Å². The Morgan fingerprint density at radius 1 is 1.17 bits per heavy atom. The Morgan fingerprint density at radius 3 is 2.17 bits per heavy atom. The molecule has 0 aliphatic heterocycles. The molecule has 96 valence electrons. The second kappa shape index (κ2) is 4.57. The average Bonchev–Trinajstić information content (AvgIpc) is 2.54. The van der Waals surface area contributed by atoms with Crippen molar-refractivity contribution in [2.45, 2.75) is 33.2 Å². The molecule has 0 atom stereocenters. The monoisotopic (exact) mass is 355 g/mol. The molecule has 4 heteroatoms. The number of anilines is 1.